The number of sulfonamides is 1. The Balaban J connectivity index is 3.01. The Bertz CT molecular complexity index is 740. The summed E-state index contributed by atoms with van der Waals surface area (Å²) < 4.78 is 49.5. The SMILES string of the molecule is COc1ccc(S(N)(=O)=O)cc1C(=O)NCCS(C)(=O)=O. The topological polar surface area (TPSA) is 133 Å². The van der Waals surface area contributed by atoms with Crippen LogP contribution in [0.1, 0.15) is 10.4 Å². The number of hydrogen-bond acceptors (Lipinski definition) is 6. The van der Waals surface area contributed by atoms with Crippen LogP contribution in [0.5, 0.6) is 5.75 Å². The lowest BCUT2D eigenvalue weighted by Gasteiger charge is -2.10. The molecule has 1 aromatic rings. The van der Waals surface area contributed by atoms with Gasteiger partial charge in [-0.1, -0.05) is 0 Å². The first-order chi connectivity index (χ1) is 9.54. The molecule has 3 N–H and O–H groups in total. The molecule has 1 amide bonds. The Labute approximate surface area is 123 Å². The van der Waals surface area contributed by atoms with Gasteiger partial charge in [0.15, 0.2) is 0 Å². The van der Waals surface area contributed by atoms with Gasteiger partial charge in [-0.05, 0) is 18.2 Å². The van der Waals surface area contributed by atoms with E-state index in [-0.39, 0.29) is 28.5 Å². The van der Waals surface area contributed by atoms with E-state index in [1.165, 1.54) is 19.2 Å². The normalized spacial score (nSPS) is 12.0. The van der Waals surface area contributed by atoms with Crippen LogP contribution >= 0.6 is 0 Å². The maximum atomic E-state index is 12.0. The molecule has 0 aliphatic heterocycles. The van der Waals surface area contributed by atoms with Gasteiger partial charge in [0.05, 0.1) is 23.3 Å². The zero-order valence-corrected chi connectivity index (χ0v) is 13.1. The molecular formula is C11H16N2O6S2. The summed E-state index contributed by atoms with van der Waals surface area (Å²) in [5.74, 6) is -0.726. The number of sulfone groups is 1. The molecule has 1 rings (SSSR count). The first-order valence-corrected chi connectivity index (χ1v) is 9.32. The molecule has 0 unspecified atom stereocenters. The largest absolute Gasteiger partial charge is 0.496 e. The van der Waals surface area contributed by atoms with Crippen molar-refractivity contribution in [1.82, 2.24) is 5.32 Å². The minimum atomic E-state index is -3.96. The molecule has 21 heavy (non-hydrogen) atoms. The highest BCUT2D eigenvalue weighted by atomic mass is 32.2. The van der Waals surface area contributed by atoms with E-state index in [2.05, 4.69) is 5.32 Å². The minimum Gasteiger partial charge on any atom is -0.496 e. The molecule has 0 radical (unpaired) electrons. The third-order valence-electron chi connectivity index (χ3n) is 2.50. The van der Waals surface area contributed by atoms with Crippen LogP contribution in [0.2, 0.25) is 0 Å². The number of nitrogens with one attached hydrogen (secondary N) is 1. The standard InChI is InChI=1S/C11H16N2O6S2/c1-19-10-4-3-8(21(12,17)18)7-9(10)11(14)13-5-6-20(2,15)16/h3-4,7H,5-6H2,1-2H3,(H,13,14)(H2,12,17,18). The number of ether oxygens (including phenoxy) is 1. The summed E-state index contributed by atoms with van der Waals surface area (Å²) in [6, 6.07) is 3.58. The van der Waals surface area contributed by atoms with E-state index in [0.717, 1.165) is 12.3 Å². The van der Waals surface area contributed by atoms with Crippen molar-refractivity contribution in [1.29, 1.82) is 0 Å². The summed E-state index contributed by atoms with van der Waals surface area (Å²) >= 11 is 0. The van der Waals surface area contributed by atoms with Crippen LogP contribution < -0.4 is 15.2 Å². The van der Waals surface area contributed by atoms with E-state index in [0.29, 0.717) is 0 Å². The van der Waals surface area contributed by atoms with Crippen LogP contribution in [0.3, 0.4) is 0 Å². The number of hydrogen-bond donors (Lipinski definition) is 2. The van der Waals surface area contributed by atoms with Gasteiger partial charge in [-0.25, -0.2) is 22.0 Å². The number of methoxy groups -OCH3 is 1. The second-order valence-electron chi connectivity index (χ2n) is 4.29. The van der Waals surface area contributed by atoms with Gasteiger partial charge in [-0.15, -0.1) is 0 Å². The molecule has 0 spiro atoms. The average Bonchev–Trinajstić information content (AvgIpc) is 2.35. The quantitative estimate of drug-likeness (QED) is 0.693. The molecule has 10 heteroatoms. The van der Waals surface area contributed by atoms with Crippen molar-refractivity contribution in [2.75, 3.05) is 25.7 Å². The van der Waals surface area contributed by atoms with Crippen LogP contribution in [0.25, 0.3) is 0 Å². The van der Waals surface area contributed by atoms with Crippen molar-refractivity contribution in [3.05, 3.63) is 23.8 Å². The molecule has 0 aliphatic rings. The lowest BCUT2D eigenvalue weighted by Crippen LogP contribution is -2.29. The van der Waals surface area contributed by atoms with Crippen molar-refractivity contribution in [3.63, 3.8) is 0 Å². The van der Waals surface area contributed by atoms with E-state index >= 15 is 0 Å². The fourth-order valence-electron chi connectivity index (χ4n) is 1.49. The Morgan fingerprint density at radius 2 is 1.90 bits per heavy atom. The van der Waals surface area contributed by atoms with Crippen LogP contribution in [0, 0.1) is 0 Å². The van der Waals surface area contributed by atoms with Crippen molar-refractivity contribution < 1.29 is 26.4 Å². The molecule has 0 aliphatic carbocycles. The molecule has 0 saturated carbocycles. The minimum absolute atomic E-state index is 0.0440. The Morgan fingerprint density at radius 1 is 1.29 bits per heavy atom. The van der Waals surface area contributed by atoms with Crippen molar-refractivity contribution in [2.45, 2.75) is 4.90 Å². The zero-order chi connectivity index (χ0) is 16.3. The number of rotatable bonds is 6. The lowest BCUT2D eigenvalue weighted by molar-refractivity contribution is 0.0953. The maximum absolute atomic E-state index is 12.0. The van der Waals surface area contributed by atoms with Crippen LogP contribution in [0.15, 0.2) is 23.1 Å². The third kappa shape index (κ3) is 5.33. The molecule has 0 aromatic heterocycles. The van der Waals surface area contributed by atoms with E-state index in [4.69, 9.17) is 9.88 Å². The highest BCUT2D eigenvalue weighted by Crippen LogP contribution is 2.21. The number of amides is 1. The van der Waals surface area contributed by atoms with Gasteiger partial charge in [0, 0.05) is 12.8 Å². The monoisotopic (exact) mass is 336 g/mol. The molecule has 0 atom stereocenters. The second kappa shape index (κ2) is 6.41. The Hall–Kier alpha value is -1.65. The summed E-state index contributed by atoms with van der Waals surface area (Å²) in [5.41, 5.74) is -0.0440. The first-order valence-electron chi connectivity index (χ1n) is 5.71. The van der Waals surface area contributed by atoms with Crippen LogP contribution in [0.4, 0.5) is 0 Å². The van der Waals surface area contributed by atoms with E-state index in [1.807, 2.05) is 0 Å². The zero-order valence-electron chi connectivity index (χ0n) is 11.5. The summed E-state index contributed by atoms with van der Waals surface area (Å²) in [6.07, 6.45) is 1.04. The van der Waals surface area contributed by atoms with Crippen molar-refractivity contribution in [2.24, 2.45) is 5.14 Å². The smallest absolute Gasteiger partial charge is 0.255 e. The predicted molar refractivity (Wildman–Crippen MR) is 76.4 cm³/mol. The summed E-state index contributed by atoms with van der Waals surface area (Å²) in [6.45, 7) is -0.0968. The molecule has 0 bridgehead atoms. The molecule has 8 nitrogen and oxygen atoms in total. The third-order valence-corrected chi connectivity index (χ3v) is 4.36. The van der Waals surface area contributed by atoms with Gasteiger partial charge < -0.3 is 10.1 Å². The first kappa shape index (κ1) is 17.4. The van der Waals surface area contributed by atoms with E-state index < -0.39 is 25.8 Å². The van der Waals surface area contributed by atoms with Crippen molar-refractivity contribution in [3.8, 4) is 5.75 Å². The van der Waals surface area contributed by atoms with Gasteiger partial charge in [0.25, 0.3) is 5.91 Å². The van der Waals surface area contributed by atoms with Gasteiger partial charge in [-0.2, -0.15) is 0 Å². The van der Waals surface area contributed by atoms with Gasteiger partial charge >= 0.3 is 0 Å². The lowest BCUT2D eigenvalue weighted by atomic mass is 10.2. The molecule has 0 heterocycles. The maximum Gasteiger partial charge on any atom is 0.255 e. The molecule has 118 valence electrons. The summed E-state index contributed by atoms with van der Waals surface area (Å²) in [4.78, 5) is 11.7. The predicted octanol–water partition coefficient (Wildman–Crippen LogP) is -0.883. The highest BCUT2D eigenvalue weighted by molar-refractivity contribution is 7.90. The number of carbonyl (C=O) groups is 1. The van der Waals surface area contributed by atoms with Crippen molar-refractivity contribution >= 4 is 25.8 Å². The van der Waals surface area contributed by atoms with Crippen LogP contribution in [-0.4, -0.2) is 48.4 Å². The van der Waals surface area contributed by atoms with Gasteiger partial charge in [0.2, 0.25) is 10.0 Å². The van der Waals surface area contributed by atoms with Gasteiger partial charge in [-0.3, -0.25) is 4.79 Å². The van der Waals surface area contributed by atoms with E-state index in [1.54, 1.807) is 0 Å². The molecule has 0 saturated heterocycles. The summed E-state index contributed by atoms with van der Waals surface area (Å²) in [5, 5.41) is 7.37. The van der Waals surface area contributed by atoms with Crippen LogP contribution in [-0.2, 0) is 19.9 Å². The molecular weight excluding hydrogens is 320 g/mol. The Kier molecular flexibility index (Phi) is 5.31. The number of nitrogens with two attached hydrogens (primary N) is 1. The highest BCUT2D eigenvalue weighted by Gasteiger charge is 2.17. The van der Waals surface area contributed by atoms with E-state index in [9.17, 15) is 21.6 Å². The number of carbonyl (C=O) groups excluding carboxylic acids is 1. The average molecular weight is 336 g/mol. The number of benzene rings is 1. The second-order valence-corrected chi connectivity index (χ2v) is 8.11. The Morgan fingerprint density at radius 3 is 2.38 bits per heavy atom. The van der Waals surface area contributed by atoms with Gasteiger partial charge in [0.1, 0.15) is 15.6 Å². The molecule has 0 fully saturated rings. The fourth-order valence-corrected chi connectivity index (χ4v) is 2.50. The molecule has 1 aromatic carbocycles. The summed E-state index contributed by atoms with van der Waals surface area (Å²) in [7, 11) is -5.85. The fraction of sp³-hybridized carbons (Fsp3) is 0.364. The number of primary sulfonamides is 1.